The third kappa shape index (κ3) is 7.07. The predicted molar refractivity (Wildman–Crippen MR) is 139 cm³/mol. The van der Waals surface area contributed by atoms with E-state index in [4.69, 9.17) is 9.73 Å². The summed E-state index contributed by atoms with van der Waals surface area (Å²) >= 11 is 1.89. The number of hydrogen-bond donors (Lipinski definition) is 2. The first kappa shape index (κ1) is 25.9. The molecule has 0 bridgehead atoms. The molecule has 0 spiro atoms. The molecule has 2 heterocycles. The monoisotopic (exact) mass is 548 g/mol. The average Bonchev–Trinajstić information content (AvgIpc) is 3.41. The summed E-state index contributed by atoms with van der Waals surface area (Å²) in [6.07, 6.45) is 8.91. The van der Waals surface area contributed by atoms with Crippen LogP contribution in [0.5, 0.6) is 0 Å². The van der Waals surface area contributed by atoms with Gasteiger partial charge >= 0.3 is 0 Å². The van der Waals surface area contributed by atoms with Crippen LogP contribution in [-0.2, 0) is 4.74 Å². The molecule has 7 heteroatoms. The number of halogens is 1. The molecule has 2 aliphatic rings. The van der Waals surface area contributed by atoms with Crippen LogP contribution in [-0.4, -0.2) is 57.8 Å². The van der Waals surface area contributed by atoms with Gasteiger partial charge in [-0.1, -0.05) is 18.9 Å². The number of piperidine rings is 1. The smallest absolute Gasteiger partial charge is 0.191 e. The maximum absolute atomic E-state index is 5.38. The minimum absolute atomic E-state index is 0. The molecule has 1 saturated carbocycles. The largest absolute Gasteiger partial charge is 0.385 e. The Balaban J connectivity index is 0.00000320. The number of thiophene rings is 1. The molecule has 0 radical (unpaired) electrons. The number of rotatable bonds is 9. The van der Waals surface area contributed by atoms with E-state index >= 15 is 0 Å². The first-order chi connectivity index (χ1) is 14.2. The number of nitrogens with zero attached hydrogens (tertiary/aromatic N) is 2. The van der Waals surface area contributed by atoms with E-state index in [0.29, 0.717) is 17.4 Å². The van der Waals surface area contributed by atoms with Crippen LogP contribution >= 0.6 is 35.3 Å². The Morgan fingerprint density at radius 2 is 2.10 bits per heavy atom. The first-order valence-corrected chi connectivity index (χ1v) is 12.3. The van der Waals surface area contributed by atoms with Crippen molar-refractivity contribution in [1.29, 1.82) is 0 Å². The second kappa shape index (κ2) is 13.2. The van der Waals surface area contributed by atoms with Gasteiger partial charge in [0.25, 0.3) is 0 Å². The molecule has 2 atom stereocenters. The van der Waals surface area contributed by atoms with Crippen molar-refractivity contribution < 1.29 is 4.74 Å². The van der Waals surface area contributed by atoms with E-state index in [0.717, 1.165) is 38.6 Å². The van der Waals surface area contributed by atoms with Crippen LogP contribution in [0.25, 0.3) is 0 Å². The van der Waals surface area contributed by atoms with Gasteiger partial charge in [-0.05, 0) is 75.4 Å². The molecule has 1 aromatic heterocycles. The number of hydrogen-bond acceptors (Lipinski definition) is 4. The van der Waals surface area contributed by atoms with Gasteiger partial charge in [0.15, 0.2) is 5.96 Å². The number of likely N-dealkylation sites (tertiary alicyclic amines) is 1. The summed E-state index contributed by atoms with van der Waals surface area (Å²) in [5, 5.41) is 9.37. The molecule has 2 N–H and O–H groups in total. The molecule has 1 aliphatic carbocycles. The maximum atomic E-state index is 5.38. The lowest BCUT2D eigenvalue weighted by Crippen LogP contribution is -2.45. The number of ether oxygens (including phenoxy) is 1. The molecule has 172 valence electrons. The van der Waals surface area contributed by atoms with E-state index in [-0.39, 0.29) is 24.0 Å². The topological polar surface area (TPSA) is 48.9 Å². The van der Waals surface area contributed by atoms with Crippen LogP contribution in [0.1, 0.15) is 62.8 Å². The van der Waals surface area contributed by atoms with Gasteiger partial charge in [-0.15, -0.1) is 35.3 Å². The molecular weight excluding hydrogens is 507 g/mol. The maximum Gasteiger partial charge on any atom is 0.191 e. The second-order valence-electron chi connectivity index (χ2n) is 8.87. The van der Waals surface area contributed by atoms with Gasteiger partial charge in [0.05, 0.1) is 0 Å². The molecular formula is C23H41IN4OS. The summed E-state index contributed by atoms with van der Waals surface area (Å²) in [6, 6.07) is 4.99. The predicted octanol–water partition coefficient (Wildman–Crippen LogP) is 4.90. The molecule has 0 amide bonds. The summed E-state index contributed by atoms with van der Waals surface area (Å²) in [5.41, 5.74) is 0.336. The van der Waals surface area contributed by atoms with Crippen molar-refractivity contribution in [3.63, 3.8) is 0 Å². The number of guanidine groups is 1. The fourth-order valence-corrected chi connectivity index (χ4v) is 6.11. The number of methoxy groups -OCH3 is 1. The van der Waals surface area contributed by atoms with Crippen molar-refractivity contribution >= 4 is 41.3 Å². The van der Waals surface area contributed by atoms with Crippen molar-refractivity contribution in [2.75, 3.05) is 46.9 Å². The van der Waals surface area contributed by atoms with E-state index in [2.05, 4.69) is 47.0 Å². The lowest BCUT2D eigenvalue weighted by molar-refractivity contribution is 0.125. The highest BCUT2D eigenvalue weighted by Crippen LogP contribution is 2.41. The van der Waals surface area contributed by atoms with Crippen molar-refractivity contribution in [1.82, 2.24) is 15.5 Å². The summed E-state index contributed by atoms with van der Waals surface area (Å²) in [4.78, 5) is 9.06. The summed E-state index contributed by atoms with van der Waals surface area (Å²) in [6.45, 7) is 6.96. The minimum atomic E-state index is 0. The van der Waals surface area contributed by atoms with Crippen LogP contribution in [0.4, 0.5) is 0 Å². The van der Waals surface area contributed by atoms with Crippen molar-refractivity contribution in [2.45, 2.75) is 57.9 Å². The van der Waals surface area contributed by atoms with E-state index in [9.17, 15) is 0 Å². The molecule has 1 saturated heterocycles. The fraction of sp³-hybridized carbons (Fsp3) is 0.783. The summed E-state index contributed by atoms with van der Waals surface area (Å²) < 4.78 is 5.38. The third-order valence-corrected chi connectivity index (χ3v) is 7.73. The Morgan fingerprint density at radius 1 is 1.30 bits per heavy atom. The van der Waals surface area contributed by atoms with Crippen LogP contribution in [0.15, 0.2) is 22.5 Å². The second-order valence-corrected chi connectivity index (χ2v) is 9.85. The van der Waals surface area contributed by atoms with Crippen molar-refractivity contribution in [3.8, 4) is 0 Å². The van der Waals surface area contributed by atoms with E-state index < -0.39 is 0 Å². The van der Waals surface area contributed by atoms with Gasteiger partial charge in [0.1, 0.15) is 0 Å². The molecule has 0 aromatic carbocycles. The quantitative estimate of drug-likeness (QED) is 0.262. The van der Waals surface area contributed by atoms with Crippen LogP contribution in [0.2, 0.25) is 0 Å². The van der Waals surface area contributed by atoms with Gasteiger partial charge in [0, 0.05) is 44.3 Å². The third-order valence-electron chi connectivity index (χ3n) is 6.79. The molecule has 2 unspecified atom stereocenters. The minimum Gasteiger partial charge on any atom is -0.385 e. The lowest BCUT2D eigenvalue weighted by atomic mass is 9.83. The number of aliphatic imine (C=N–C) groups is 1. The Morgan fingerprint density at radius 3 is 2.77 bits per heavy atom. The fourth-order valence-electron chi connectivity index (χ4n) is 5.13. The molecule has 1 aliphatic heterocycles. The highest BCUT2D eigenvalue weighted by Gasteiger charge is 2.34. The molecule has 3 rings (SSSR count). The van der Waals surface area contributed by atoms with E-state index in [1.807, 2.05) is 18.4 Å². The van der Waals surface area contributed by atoms with Gasteiger partial charge < -0.3 is 15.4 Å². The SMILES string of the molecule is CCNC(=NCC1(CCOC)CCCC1)NCC1CCCN(C)C1c1cccs1.I. The van der Waals surface area contributed by atoms with Crippen LogP contribution in [0.3, 0.4) is 0 Å². The number of nitrogens with one attached hydrogen (secondary N) is 2. The van der Waals surface area contributed by atoms with E-state index in [1.54, 1.807) is 0 Å². The van der Waals surface area contributed by atoms with Crippen LogP contribution < -0.4 is 10.6 Å². The van der Waals surface area contributed by atoms with Crippen molar-refractivity contribution in [2.24, 2.45) is 16.3 Å². The summed E-state index contributed by atoms with van der Waals surface area (Å²) in [7, 11) is 4.08. The van der Waals surface area contributed by atoms with Crippen LogP contribution in [0, 0.1) is 11.3 Å². The zero-order valence-electron chi connectivity index (χ0n) is 19.0. The highest BCUT2D eigenvalue weighted by atomic mass is 127. The van der Waals surface area contributed by atoms with Gasteiger partial charge in [0.2, 0.25) is 0 Å². The highest BCUT2D eigenvalue weighted by molar-refractivity contribution is 14.0. The van der Waals surface area contributed by atoms with E-state index in [1.165, 1.54) is 49.9 Å². The van der Waals surface area contributed by atoms with Gasteiger partial charge in [-0.2, -0.15) is 0 Å². The van der Waals surface area contributed by atoms with Gasteiger partial charge in [-0.3, -0.25) is 9.89 Å². The average molecular weight is 549 g/mol. The molecule has 2 fully saturated rings. The zero-order valence-corrected chi connectivity index (χ0v) is 22.1. The van der Waals surface area contributed by atoms with Crippen molar-refractivity contribution in [3.05, 3.63) is 22.4 Å². The zero-order chi connectivity index (χ0) is 20.5. The molecule has 5 nitrogen and oxygen atoms in total. The Bertz CT molecular complexity index is 619. The Kier molecular flexibility index (Phi) is 11.4. The Hall–Kier alpha value is -0.380. The normalized spacial score (nSPS) is 24.4. The molecule has 30 heavy (non-hydrogen) atoms. The first-order valence-electron chi connectivity index (χ1n) is 11.4. The lowest BCUT2D eigenvalue weighted by Gasteiger charge is -2.39. The summed E-state index contributed by atoms with van der Waals surface area (Å²) in [5.74, 6) is 1.60. The van der Waals surface area contributed by atoms with Gasteiger partial charge in [-0.25, -0.2) is 0 Å². The molecule has 1 aromatic rings. The standard InChI is InChI=1S/C23H40N4OS.HI/c1-4-24-22(26-18-23(13-15-28-3)11-5-6-12-23)25-17-19-9-7-14-27(2)21(19)20-10-8-16-29-20;/h8,10,16,19,21H,4-7,9,11-15,17-18H2,1-3H3,(H2,24,25,26);1H. The Labute approximate surface area is 204 Å².